The predicted octanol–water partition coefficient (Wildman–Crippen LogP) is 12.4. The molecule has 1 nitrogen and oxygen atoms in total. The molecule has 0 bridgehead atoms. The average Bonchev–Trinajstić information content (AvgIpc) is 3.11. The third-order valence-corrected chi connectivity index (χ3v) is 8.37. The van der Waals surface area contributed by atoms with E-state index in [2.05, 4.69) is 195 Å². The van der Waals surface area contributed by atoms with Crippen molar-refractivity contribution in [2.24, 2.45) is 0 Å². The predicted molar refractivity (Wildman–Crippen MR) is 192 cm³/mol. The first kappa shape index (κ1) is 28.1. The summed E-state index contributed by atoms with van der Waals surface area (Å²) in [5, 5.41) is 0. The first-order valence-electron chi connectivity index (χ1n) is 15.5. The van der Waals surface area contributed by atoms with Gasteiger partial charge in [-0.25, -0.2) is 0 Å². The second-order valence-corrected chi connectivity index (χ2v) is 11.7. The third-order valence-electron chi connectivity index (χ3n) is 8.37. The molecular weight excluding hydrogens is 542 g/mol. The summed E-state index contributed by atoms with van der Waals surface area (Å²) in [6, 6.07) is 63.6. The highest BCUT2D eigenvalue weighted by atomic mass is 15.1. The zero-order valence-corrected chi connectivity index (χ0v) is 25.7. The van der Waals surface area contributed by atoms with Crippen molar-refractivity contribution in [1.29, 1.82) is 0 Å². The summed E-state index contributed by atoms with van der Waals surface area (Å²) < 4.78 is 0. The highest BCUT2D eigenvalue weighted by molar-refractivity contribution is 5.86. The lowest BCUT2D eigenvalue weighted by Gasteiger charge is -2.27. The van der Waals surface area contributed by atoms with Crippen molar-refractivity contribution in [2.45, 2.75) is 13.8 Å². The number of hydrogen-bond donors (Lipinski definition) is 0. The molecule has 7 aromatic carbocycles. The van der Waals surface area contributed by atoms with Gasteiger partial charge in [0.25, 0.3) is 0 Å². The first-order chi connectivity index (χ1) is 22.1. The fourth-order valence-corrected chi connectivity index (χ4v) is 5.93. The zero-order valence-electron chi connectivity index (χ0n) is 25.7. The fraction of sp³-hybridized carbons (Fsp3) is 0.0455. The lowest BCUT2D eigenvalue weighted by molar-refractivity contribution is 1.27. The van der Waals surface area contributed by atoms with Gasteiger partial charge < -0.3 is 4.90 Å². The average molecular weight is 578 g/mol. The minimum absolute atomic E-state index is 1.12. The highest BCUT2D eigenvalue weighted by Crippen LogP contribution is 2.41. The van der Waals surface area contributed by atoms with E-state index in [1.807, 2.05) is 0 Å². The summed E-state index contributed by atoms with van der Waals surface area (Å²) >= 11 is 0. The molecule has 0 aliphatic rings. The van der Waals surface area contributed by atoms with Crippen LogP contribution in [0.3, 0.4) is 0 Å². The Morgan fingerprint density at radius 3 is 1.00 bits per heavy atom. The second kappa shape index (κ2) is 12.5. The number of hydrogen-bond acceptors (Lipinski definition) is 1. The minimum atomic E-state index is 1.12. The number of benzene rings is 7. The van der Waals surface area contributed by atoms with Gasteiger partial charge in [0, 0.05) is 17.1 Å². The van der Waals surface area contributed by atoms with E-state index in [-0.39, 0.29) is 0 Å². The summed E-state index contributed by atoms with van der Waals surface area (Å²) in [5.74, 6) is 0. The molecule has 0 amide bonds. The van der Waals surface area contributed by atoms with Gasteiger partial charge >= 0.3 is 0 Å². The van der Waals surface area contributed by atoms with Crippen molar-refractivity contribution in [1.82, 2.24) is 0 Å². The molecule has 7 aromatic rings. The van der Waals surface area contributed by atoms with Crippen LogP contribution in [-0.2, 0) is 0 Å². The minimum Gasteiger partial charge on any atom is -0.310 e. The Morgan fingerprint density at radius 2 is 0.600 bits per heavy atom. The largest absolute Gasteiger partial charge is 0.310 e. The quantitative estimate of drug-likeness (QED) is 0.182. The van der Waals surface area contributed by atoms with Crippen LogP contribution in [0.15, 0.2) is 176 Å². The molecule has 0 atom stereocenters. The molecule has 216 valence electrons. The Balaban J connectivity index is 1.43. The van der Waals surface area contributed by atoms with Crippen molar-refractivity contribution < 1.29 is 0 Å². The van der Waals surface area contributed by atoms with Crippen LogP contribution in [0.5, 0.6) is 0 Å². The van der Waals surface area contributed by atoms with E-state index in [0.29, 0.717) is 0 Å². The maximum Gasteiger partial charge on any atom is 0.0473 e. The van der Waals surface area contributed by atoms with Gasteiger partial charge in [-0.1, -0.05) is 132 Å². The van der Waals surface area contributed by atoms with Gasteiger partial charge in [0.2, 0.25) is 0 Å². The van der Waals surface area contributed by atoms with Crippen LogP contribution in [0, 0.1) is 13.8 Å². The van der Waals surface area contributed by atoms with Crippen molar-refractivity contribution in [3.05, 3.63) is 187 Å². The van der Waals surface area contributed by atoms with Gasteiger partial charge in [-0.05, 0) is 113 Å². The lowest BCUT2D eigenvalue weighted by atomic mass is 9.93. The van der Waals surface area contributed by atoms with E-state index < -0.39 is 0 Å². The van der Waals surface area contributed by atoms with Crippen molar-refractivity contribution in [2.75, 3.05) is 4.90 Å². The second-order valence-electron chi connectivity index (χ2n) is 11.7. The van der Waals surface area contributed by atoms with Crippen LogP contribution < -0.4 is 4.90 Å². The number of nitrogens with zero attached hydrogens (tertiary/aromatic N) is 1. The summed E-state index contributed by atoms with van der Waals surface area (Å²) in [7, 11) is 0. The normalized spacial score (nSPS) is 10.9. The van der Waals surface area contributed by atoms with Gasteiger partial charge in [0.1, 0.15) is 0 Å². The molecule has 0 N–H and O–H groups in total. The van der Waals surface area contributed by atoms with E-state index >= 15 is 0 Å². The molecule has 0 heterocycles. The molecule has 0 aliphatic carbocycles. The molecular formula is C44H35N. The van der Waals surface area contributed by atoms with E-state index in [0.717, 1.165) is 17.1 Å². The summed E-state index contributed by atoms with van der Waals surface area (Å²) in [6.07, 6.45) is 0. The number of rotatable bonds is 7. The molecule has 0 saturated heterocycles. The van der Waals surface area contributed by atoms with Crippen LogP contribution in [0.4, 0.5) is 17.1 Å². The molecule has 0 saturated carbocycles. The maximum atomic E-state index is 2.37. The molecule has 45 heavy (non-hydrogen) atoms. The van der Waals surface area contributed by atoms with Crippen LogP contribution in [0.2, 0.25) is 0 Å². The van der Waals surface area contributed by atoms with Gasteiger partial charge in [0.05, 0.1) is 0 Å². The Hall–Kier alpha value is -5.66. The van der Waals surface area contributed by atoms with Gasteiger partial charge in [0.15, 0.2) is 0 Å². The molecule has 0 aliphatic heterocycles. The van der Waals surface area contributed by atoms with Crippen LogP contribution in [0.1, 0.15) is 11.1 Å². The Morgan fingerprint density at radius 1 is 0.267 bits per heavy atom. The summed E-state index contributed by atoms with van der Waals surface area (Å²) in [5.41, 5.74) is 15.4. The van der Waals surface area contributed by atoms with Gasteiger partial charge in [-0.15, -0.1) is 0 Å². The summed E-state index contributed by atoms with van der Waals surface area (Å²) in [6.45, 7) is 4.27. The molecule has 0 fully saturated rings. The molecule has 0 radical (unpaired) electrons. The highest BCUT2D eigenvalue weighted by Gasteiger charge is 2.16. The summed E-state index contributed by atoms with van der Waals surface area (Å²) in [4.78, 5) is 2.37. The number of aryl methyl sites for hydroxylation is 2. The van der Waals surface area contributed by atoms with E-state index in [9.17, 15) is 0 Å². The van der Waals surface area contributed by atoms with Crippen molar-refractivity contribution >= 4 is 17.1 Å². The van der Waals surface area contributed by atoms with Crippen molar-refractivity contribution in [3.8, 4) is 44.5 Å². The van der Waals surface area contributed by atoms with E-state index in [1.54, 1.807) is 0 Å². The molecule has 0 aromatic heterocycles. The Kier molecular flexibility index (Phi) is 7.83. The molecule has 0 unspecified atom stereocenters. The number of anilines is 3. The monoisotopic (exact) mass is 577 g/mol. The molecule has 7 rings (SSSR count). The SMILES string of the molecule is Cc1ccc(N(c2ccc(C)cc2)c2cc(-c3cccc(-c4ccccc4)c3)cc(-c3cccc(-c4ccccc4)c3)c2)cc1. The van der Waals surface area contributed by atoms with E-state index in [1.165, 1.54) is 55.6 Å². The maximum absolute atomic E-state index is 2.37. The molecule has 1 heteroatoms. The van der Waals surface area contributed by atoms with Gasteiger partial charge in [-0.2, -0.15) is 0 Å². The Bertz CT molecular complexity index is 1890. The van der Waals surface area contributed by atoms with Gasteiger partial charge in [-0.3, -0.25) is 0 Å². The topological polar surface area (TPSA) is 3.24 Å². The standard InChI is InChI=1S/C44H35N/c1-32-19-23-42(24-20-32)45(43-25-21-33(2)22-26-43)44-30-40(38-17-9-15-36(27-38)34-11-5-3-6-12-34)29-41(31-44)39-18-10-16-37(28-39)35-13-7-4-8-14-35/h3-31H,1-2H3. The third kappa shape index (κ3) is 6.20. The smallest absolute Gasteiger partial charge is 0.0473 e. The first-order valence-corrected chi connectivity index (χ1v) is 15.5. The fourth-order valence-electron chi connectivity index (χ4n) is 5.93. The van der Waals surface area contributed by atoms with E-state index in [4.69, 9.17) is 0 Å². The zero-order chi connectivity index (χ0) is 30.6. The Labute approximate surface area is 266 Å². The van der Waals surface area contributed by atoms with Crippen LogP contribution >= 0.6 is 0 Å². The van der Waals surface area contributed by atoms with Crippen LogP contribution in [-0.4, -0.2) is 0 Å². The van der Waals surface area contributed by atoms with Crippen LogP contribution in [0.25, 0.3) is 44.5 Å². The lowest BCUT2D eigenvalue weighted by Crippen LogP contribution is -2.10. The molecule has 0 spiro atoms. The van der Waals surface area contributed by atoms with Crippen molar-refractivity contribution in [3.63, 3.8) is 0 Å².